The zero-order valence-corrected chi connectivity index (χ0v) is 13.9. The molecular weight excluding hydrogens is 306 g/mol. The quantitative estimate of drug-likeness (QED) is 0.866. The summed E-state index contributed by atoms with van der Waals surface area (Å²) in [6.07, 6.45) is 0.913. The van der Waals surface area contributed by atoms with Crippen LogP contribution in [0.25, 0.3) is 0 Å². The monoisotopic (exact) mass is 327 g/mol. The lowest BCUT2D eigenvalue weighted by molar-refractivity contribution is -0.142. The van der Waals surface area contributed by atoms with Crippen molar-refractivity contribution in [3.8, 4) is 0 Å². The molecule has 0 bridgehead atoms. The topological polar surface area (TPSA) is 68.5 Å². The summed E-state index contributed by atoms with van der Waals surface area (Å²) in [6, 6.07) is 8.04. The van der Waals surface area contributed by atoms with Crippen LogP contribution in [-0.2, 0) is 9.53 Å². The van der Waals surface area contributed by atoms with Gasteiger partial charge in [0.1, 0.15) is 6.04 Å². The second-order valence-corrected chi connectivity index (χ2v) is 6.59. The summed E-state index contributed by atoms with van der Waals surface area (Å²) >= 11 is 0. The van der Waals surface area contributed by atoms with Crippen molar-refractivity contribution in [2.45, 2.75) is 32.2 Å². The number of rotatable bonds is 3. The smallest absolute Gasteiger partial charge is 0.241 e. The van der Waals surface area contributed by atoms with Crippen molar-refractivity contribution in [3.05, 3.63) is 47.2 Å². The molecule has 1 aromatic heterocycles. The van der Waals surface area contributed by atoms with Crippen LogP contribution in [-0.4, -0.2) is 40.8 Å². The molecule has 0 radical (unpaired) electrons. The molecule has 3 atom stereocenters. The van der Waals surface area contributed by atoms with Crippen molar-refractivity contribution in [1.82, 2.24) is 15.1 Å². The lowest BCUT2D eigenvalue weighted by atomic mass is 10.0. The van der Waals surface area contributed by atoms with Crippen LogP contribution >= 0.6 is 0 Å². The van der Waals surface area contributed by atoms with E-state index in [0.29, 0.717) is 37.5 Å². The van der Waals surface area contributed by atoms with Crippen molar-refractivity contribution in [3.63, 3.8) is 0 Å². The van der Waals surface area contributed by atoms with Gasteiger partial charge in [0.15, 0.2) is 0 Å². The molecule has 1 aliphatic carbocycles. The Balaban J connectivity index is 1.52. The molecule has 0 spiro atoms. The largest absolute Gasteiger partial charge is 0.423 e. The number of morpholine rings is 1. The van der Waals surface area contributed by atoms with E-state index in [1.807, 2.05) is 17.0 Å². The first-order chi connectivity index (χ1) is 11.6. The molecule has 4 rings (SSSR count). The maximum absolute atomic E-state index is 13.0. The maximum atomic E-state index is 13.0. The average molecular weight is 327 g/mol. The van der Waals surface area contributed by atoms with Crippen molar-refractivity contribution >= 4 is 5.91 Å². The summed E-state index contributed by atoms with van der Waals surface area (Å²) in [6.45, 7) is 5.39. The predicted octanol–water partition coefficient (Wildman–Crippen LogP) is 2.39. The second-order valence-electron chi connectivity index (χ2n) is 6.59. The third kappa shape index (κ3) is 2.71. The summed E-state index contributed by atoms with van der Waals surface area (Å²) in [5.41, 5.74) is 2.54. The summed E-state index contributed by atoms with van der Waals surface area (Å²) in [5, 5.41) is 7.96. The first kappa shape index (κ1) is 15.3. The second kappa shape index (κ2) is 6.02. The summed E-state index contributed by atoms with van der Waals surface area (Å²) in [5.74, 6) is 1.52. The Morgan fingerprint density at radius 2 is 2.08 bits per heavy atom. The van der Waals surface area contributed by atoms with Gasteiger partial charge in [-0.15, -0.1) is 10.2 Å². The van der Waals surface area contributed by atoms with Crippen LogP contribution in [0.4, 0.5) is 0 Å². The molecule has 0 N–H and O–H groups in total. The number of carbonyl (C=O) groups excluding carboxylic acids is 1. The highest BCUT2D eigenvalue weighted by atomic mass is 16.5. The van der Waals surface area contributed by atoms with E-state index < -0.39 is 0 Å². The number of hydrogen-bond acceptors (Lipinski definition) is 5. The molecule has 3 unspecified atom stereocenters. The average Bonchev–Trinajstić information content (AvgIpc) is 3.28. The van der Waals surface area contributed by atoms with E-state index in [1.165, 1.54) is 11.1 Å². The number of aromatic nitrogens is 2. The number of amides is 1. The Morgan fingerprint density at radius 1 is 1.25 bits per heavy atom. The van der Waals surface area contributed by atoms with Crippen LogP contribution in [0.3, 0.4) is 0 Å². The van der Waals surface area contributed by atoms with Gasteiger partial charge in [0.2, 0.25) is 17.7 Å². The number of benzene rings is 1. The fraction of sp³-hybridized carbons (Fsp3) is 0.500. The van der Waals surface area contributed by atoms with Gasteiger partial charge in [0.25, 0.3) is 0 Å². The van der Waals surface area contributed by atoms with Gasteiger partial charge in [-0.1, -0.05) is 24.3 Å². The Kier molecular flexibility index (Phi) is 3.84. The van der Waals surface area contributed by atoms with Crippen molar-refractivity contribution in [2.75, 3.05) is 19.8 Å². The van der Waals surface area contributed by atoms with Crippen molar-refractivity contribution in [2.24, 2.45) is 5.92 Å². The molecule has 1 saturated heterocycles. The third-order valence-corrected chi connectivity index (χ3v) is 4.93. The normalized spacial score (nSPS) is 26.4. The van der Waals surface area contributed by atoms with Crippen LogP contribution in [0.1, 0.15) is 41.3 Å². The van der Waals surface area contributed by atoms with Gasteiger partial charge < -0.3 is 14.1 Å². The van der Waals surface area contributed by atoms with Crippen molar-refractivity contribution < 1.29 is 13.9 Å². The number of ether oxygens (including phenoxy) is 1. The lowest BCUT2D eigenvalue weighted by Gasteiger charge is -2.33. The summed E-state index contributed by atoms with van der Waals surface area (Å²) in [4.78, 5) is 14.9. The van der Waals surface area contributed by atoms with E-state index in [2.05, 4.69) is 29.3 Å². The van der Waals surface area contributed by atoms with Crippen LogP contribution in [0.5, 0.6) is 0 Å². The highest BCUT2D eigenvalue weighted by molar-refractivity contribution is 5.83. The lowest BCUT2D eigenvalue weighted by Crippen LogP contribution is -2.44. The molecule has 2 aromatic rings. The molecule has 2 aliphatic rings. The molecule has 1 aliphatic heterocycles. The minimum atomic E-state index is -0.273. The van der Waals surface area contributed by atoms with Gasteiger partial charge >= 0.3 is 0 Å². The van der Waals surface area contributed by atoms with E-state index in [4.69, 9.17) is 9.15 Å². The molecule has 2 heterocycles. The van der Waals surface area contributed by atoms with E-state index in [0.717, 1.165) is 6.42 Å². The Labute approximate surface area is 140 Å². The van der Waals surface area contributed by atoms with Gasteiger partial charge in [-0.25, -0.2) is 0 Å². The molecule has 1 saturated carbocycles. The molecule has 24 heavy (non-hydrogen) atoms. The SMILES string of the molecule is Cc1nnc(C2COCCN2C(=O)C2CC2c2ccccc2C)o1. The van der Waals surface area contributed by atoms with Gasteiger partial charge in [0, 0.05) is 19.4 Å². The number of carbonyl (C=O) groups is 1. The minimum Gasteiger partial charge on any atom is -0.423 e. The Morgan fingerprint density at radius 3 is 2.83 bits per heavy atom. The van der Waals surface area contributed by atoms with Crippen LogP contribution in [0.2, 0.25) is 0 Å². The first-order valence-corrected chi connectivity index (χ1v) is 8.39. The Bertz CT molecular complexity index is 757. The molecule has 1 aromatic carbocycles. The van der Waals surface area contributed by atoms with Crippen LogP contribution in [0.15, 0.2) is 28.7 Å². The fourth-order valence-electron chi connectivity index (χ4n) is 3.55. The number of hydrogen-bond donors (Lipinski definition) is 0. The van der Waals surface area contributed by atoms with Gasteiger partial charge in [-0.05, 0) is 30.4 Å². The first-order valence-electron chi connectivity index (χ1n) is 8.39. The fourth-order valence-corrected chi connectivity index (χ4v) is 3.55. The summed E-state index contributed by atoms with van der Waals surface area (Å²) in [7, 11) is 0. The highest BCUT2D eigenvalue weighted by Gasteiger charge is 2.48. The van der Waals surface area contributed by atoms with E-state index >= 15 is 0 Å². The zero-order valence-electron chi connectivity index (χ0n) is 13.9. The van der Waals surface area contributed by atoms with Crippen molar-refractivity contribution in [1.29, 1.82) is 0 Å². The predicted molar refractivity (Wildman–Crippen MR) is 86.3 cm³/mol. The number of aryl methyl sites for hydroxylation is 2. The zero-order chi connectivity index (χ0) is 16.7. The minimum absolute atomic E-state index is 0.0516. The van der Waals surface area contributed by atoms with Gasteiger partial charge in [-0.3, -0.25) is 4.79 Å². The van der Waals surface area contributed by atoms with Gasteiger partial charge in [-0.2, -0.15) is 0 Å². The number of nitrogens with zero attached hydrogens (tertiary/aromatic N) is 3. The Hall–Kier alpha value is -2.21. The van der Waals surface area contributed by atoms with E-state index in [1.54, 1.807) is 6.92 Å². The standard InChI is InChI=1S/C18H21N3O3/c1-11-5-3-4-6-13(11)14-9-15(14)18(22)21-7-8-23-10-16(21)17-20-19-12(2)24-17/h3-6,14-16H,7-10H2,1-2H3. The molecular formula is C18H21N3O3. The highest BCUT2D eigenvalue weighted by Crippen LogP contribution is 2.50. The van der Waals surface area contributed by atoms with Crippen LogP contribution < -0.4 is 0 Å². The van der Waals surface area contributed by atoms with E-state index in [-0.39, 0.29) is 17.9 Å². The maximum Gasteiger partial charge on any atom is 0.241 e. The van der Waals surface area contributed by atoms with Gasteiger partial charge in [0.05, 0.1) is 13.2 Å². The molecule has 6 nitrogen and oxygen atoms in total. The molecule has 1 amide bonds. The summed E-state index contributed by atoms with van der Waals surface area (Å²) < 4.78 is 11.1. The molecule has 2 fully saturated rings. The van der Waals surface area contributed by atoms with Crippen LogP contribution in [0, 0.1) is 19.8 Å². The molecule has 6 heteroatoms. The third-order valence-electron chi connectivity index (χ3n) is 4.93. The van der Waals surface area contributed by atoms with E-state index in [9.17, 15) is 4.79 Å². The molecule has 126 valence electrons.